The van der Waals surface area contributed by atoms with E-state index in [9.17, 15) is 13.2 Å². The molecule has 22 heavy (non-hydrogen) atoms. The molecule has 4 atom stereocenters. The zero-order chi connectivity index (χ0) is 16.5. The molecule has 4 unspecified atom stereocenters. The van der Waals surface area contributed by atoms with Crippen LogP contribution in [-0.4, -0.2) is 30.4 Å². The van der Waals surface area contributed by atoms with Crippen LogP contribution in [0.4, 0.5) is 0 Å². The Labute approximate surface area is 134 Å². The predicted octanol–water partition coefficient (Wildman–Crippen LogP) is 3.04. The third-order valence-corrected chi connectivity index (χ3v) is 9.23. The van der Waals surface area contributed by atoms with E-state index in [0.717, 1.165) is 19.3 Å². The second kappa shape index (κ2) is 4.71. The third kappa shape index (κ3) is 1.93. The average Bonchev–Trinajstić information content (AvgIpc) is 2.84. The van der Waals surface area contributed by atoms with Crippen LogP contribution < -0.4 is 0 Å². The Kier molecular flexibility index (Phi) is 3.49. The molecule has 2 bridgehead atoms. The summed E-state index contributed by atoms with van der Waals surface area (Å²) in [6.07, 6.45) is 3.28. The molecule has 0 aromatic rings. The molecule has 5 heteroatoms. The minimum Gasteiger partial charge on any atom is -0.274 e. The number of hydrogen-bond donors (Lipinski definition) is 0. The van der Waals surface area contributed by atoms with Crippen molar-refractivity contribution in [3.05, 3.63) is 0 Å². The van der Waals surface area contributed by atoms with Crippen molar-refractivity contribution >= 4 is 15.9 Å². The summed E-state index contributed by atoms with van der Waals surface area (Å²) < 4.78 is 26.8. The van der Waals surface area contributed by atoms with E-state index in [-0.39, 0.29) is 34.4 Å². The van der Waals surface area contributed by atoms with Gasteiger partial charge in [0.1, 0.15) is 0 Å². The molecule has 3 aliphatic rings. The van der Waals surface area contributed by atoms with Crippen LogP contribution in [0.25, 0.3) is 0 Å². The Bertz CT molecular complexity index is 595. The molecule has 2 aliphatic carbocycles. The average molecular weight is 327 g/mol. The lowest BCUT2D eigenvalue weighted by atomic mass is 9.69. The van der Waals surface area contributed by atoms with Gasteiger partial charge in [-0.05, 0) is 42.4 Å². The van der Waals surface area contributed by atoms with E-state index in [1.54, 1.807) is 0 Å². The summed E-state index contributed by atoms with van der Waals surface area (Å²) in [4.78, 5) is 12.7. The zero-order valence-electron chi connectivity index (χ0n) is 14.4. The molecule has 1 heterocycles. The number of carbonyl (C=O) groups is 1. The maximum Gasteiger partial charge on any atom is 0.238 e. The van der Waals surface area contributed by atoms with Crippen molar-refractivity contribution in [1.29, 1.82) is 0 Å². The molecule has 1 saturated heterocycles. The Morgan fingerprint density at radius 1 is 1.27 bits per heavy atom. The standard InChI is InChI=1S/C17H29NO3S/c1-11(2)12(3)8-15(19)18-14-9-13-6-7-17(14,16(13,4)5)10-22(18,20)21/h11-14H,6-10H2,1-5H3. The highest BCUT2D eigenvalue weighted by atomic mass is 32.2. The highest BCUT2D eigenvalue weighted by Gasteiger charge is 2.72. The highest BCUT2D eigenvalue weighted by Crippen LogP contribution is 2.70. The van der Waals surface area contributed by atoms with Crippen molar-refractivity contribution in [2.45, 2.75) is 66.3 Å². The Morgan fingerprint density at radius 2 is 1.91 bits per heavy atom. The fourth-order valence-corrected chi connectivity index (χ4v) is 7.78. The van der Waals surface area contributed by atoms with E-state index >= 15 is 0 Å². The van der Waals surface area contributed by atoms with Crippen LogP contribution >= 0.6 is 0 Å². The maximum absolute atomic E-state index is 12.7. The molecular weight excluding hydrogens is 298 g/mol. The molecule has 0 aromatic heterocycles. The summed E-state index contributed by atoms with van der Waals surface area (Å²) in [7, 11) is -3.45. The minimum absolute atomic E-state index is 0.0312. The van der Waals surface area contributed by atoms with Crippen LogP contribution in [0.2, 0.25) is 0 Å². The molecule has 1 spiro atoms. The zero-order valence-corrected chi connectivity index (χ0v) is 15.2. The molecular formula is C17H29NO3S. The van der Waals surface area contributed by atoms with Crippen molar-refractivity contribution in [2.24, 2.45) is 28.6 Å². The first-order chi connectivity index (χ1) is 10.0. The van der Waals surface area contributed by atoms with E-state index in [0.29, 0.717) is 18.3 Å². The van der Waals surface area contributed by atoms with E-state index in [2.05, 4.69) is 27.7 Å². The van der Waals surface area contributed by atoms with Gasteiger partial charge in [-0.15, -0.1) is 0 Å². The normalized spacial score (nSPS) is 39.3. The summed E-state index contributed by atoms with van der Waals surface area (Å²) in [5.74, 6) is 1.17. The predicted molar refractivity (Wildman–Crippen MR) is 86.6 cm³/mol. The van der Waals surface area contributed by atoms with E-state index < -0.39 is 10.0 Å². The first kappa shape index (κ1) is 16.3. The fourth-order valence-electron chi connectivity index (χ4n) is 5.22. The quantitative estimate of drug-likeness (QED) is 0.800. The van der Waals surface area contributed by atoms with Gasteiger partial charge in [0.25, 0.3) is 0 Å². The summed E-state index contributed by atoms with van der Waals surface area (Å²) in [5, 5.41) is 0. The topological polar surface area (TPSA) is 54.5 Å². The largest absolute Gasteiger partial charge is 0.274 e. The number of carbonyl (C=O) groups excluding carboxylic acids is 1. The van der Waals surface area contributed by atoms with Crippen molar-refractivity contribution in [3.63, 3.8) is 0 Å². The molecule has 0 N–H and O–H groups in total. The molecule has 2 saturated carbocycles. The molecule has 1 aliphatic heterocycles. The third-order valence-electron chi connectivity index (χ3n) is 7.29. The van der Waals surface area contributed by atoms with Gasteiger partial charge in [-0.1, -0.05) is 34.6 Å². The minimum atomic E-state index is -3.45. The number of amides is 1. The van der Waals surface area contributed by atoms with Crippen LogP contribution in [0.15, 0.2) is 0 Å². The van der Waals surface area contributed by atoms with Gasteiger partial charge in [-0.3, -0.25) is 4.79 Å². The van der Waals surface area contributed by atoms with E-state index in [1.807, 2.05) is 6.92 Å². The van der Waals surface area contributed by atoms with Gasteiger partial charge in [0, 0.05) is 11.8 Å². The lowest BCUT2D eigenvalue weighted by Gasteiger charge is -2.37. The second-order valence-corrected chi connectivity index (χ2v) is 10.6. The number of nitrogens with zero attached hydrogens (tertiary/aromatic N) is 1. The lowest BCUT2D eigenvalue weighted by Crippen LogP contribution is -2.44. The van der Waals surface area contributed by atoms with Crippen LogP contribution in [0, 0.1) is 28.6 Å². The molecule has 1 amide bonds. The van der Waals surface area contributed by atoms with Gasteiger partial charge in [0.15, 0.2) is 0 Å². The van der Waals surface area contributed by atoms with Crippen molar-refractivity contribution < 1.29 is 13.2 Å². The Hall–Kier alpha value is -0.580. The van der Waals surface area contributed by atoms with Crippen LogP contribution in [0.5, 0.6) is 0 Å². The first-order valence-electron chi connectivity index (χ1n) is 8.58. The van der Waals surface area contributed by atoms with Crippen molar-refractivity contribution in [3.8, 4) is 0 Å². The second-order valence-electron chi connectivity index (χ2n) is 8.74. The summed E-state index contributed by atoms with van der Waals surface area (Å²) >= 11 is 0. The molecule has 3 rings (SSSR count). The van der Waals surface area contributed by atoms with E-state index in [4.69, 9.17) is 0 Å². The molecule has 126 valence electrons. The van der Waals surface area contributed by atoms with Crippen LogP contribution in [-0.2, 0) is 14.8 Å². The monoisotopic (exact) mass is 327 g/mol. The first-order valence-corrected chi connectivity index (χ1v) is 10.2. The van der Waals surface area contributed by atoms with Crippen molar-refractivity contribution in [2.75, 3.05) is 5.75 Å². The van der Waals surface area contributed by atoms with Crippen LogP contribution in [0.3, 0.4) is 0 Å². The lowest BCUT2D eigenvalue weighted by molar-refractivity contribution is -0.130. The fraction of sp³-hybridized carbons (Fsp3) is 0.941. The number of sulfonamides is 1. The van der Waals surface area contributed by atoms with E-state index in [1.165, 1.54) is 4.31 Å². The Morgan fingerprint density at radius 3 is 2.45 bits per heavy atom. The summed E-state index contributed by atoms with van der Waals surface area (Å²) in [5.41, 5.74) is -0.170. The molecule has 0 radical (unpaired) electrons. The van der Waals surface area contributed by atoms with Crippen molar-refractivity contribution in [1.82, 2.24) is 4.31 Å². The SMILES string of the molecule is CC(C)C(C)CC(=O)N1C2CC3CCC2(CS1(=O)=O)C3(C)C. The number of hydrogen-bond acceptors (Lipinski definition) is 3. The van der Waals surface area contributed by atoms with Gasteiger partial charge in [-0.2, -0.15) is 0 Å². The maximum atomic E-state index is 12.7. The molecule has 4 nitrogen and oxygen atoms in total. The number of rotatable bonds is 3. The summed E-state index contributed by atoms with van der Waals surface area (Å²) in [6.45, 7) is 10.6. The van der Waals surface area contributed by atoms with Gasteiger partial charge in [-0.25, -0.2) is 12.7 Å². The van der Waals surface area contributed by atoms with Gasteiger partial charge < -0.3 is 0 Å². The highest BCUT2D eigenvalue weighted by molar-refractivity contribution is 7.90. The van der Waals surface area contributed by atoms with Gasteiger partial charge in [0.05, 0.1) is 11.8 Å². The van der Waals surface area contributed by atoms with Gasteiger partial charge >= 0.3 is 0 Å². The molecule has 0 aromatic carbocycles. The van der Waals surface area contributed by atoms with Crippen LogP contribution in [0.1, 0.15) is 60.3 Å². The number of fused-ring (bicyclic) bond motifs is 1. The molecule has 3 fully saturated rings. The van der Waals surface area contributed by atoms with Gasteiger partial charge in [0.2, 0.25) is 15.9 Å². The Balaban J connectivity index is 1.92. The summed E-state index contributed by atoms with van der Waals surface area (Å²) in [6, 6.07) is -0.0851. The smallest absolute Gasteiger partial charge is 0.238 e.